The summed E-state index contributed by atoms with van der Waals surface area (Å²) < 4.78 is 0. The van der Waals surface area contributed by atoms with Crippen molar-refractivity contribution >= 4 is 11.9 Å². The van der Waals surface area contributed by atoms with Gasteiger partial charge in [0.1, 0.15) is 0 Å². The van der Waals surface area contributed by atoms with E-state index in [1.807, 2.05) is 4.90 Å². The van der Waals surface area contributed by atoms with Gasteiger partial charge in [-0.3, -0.25) is 4.79 Å². The maximum Gasteiger partial charge on any atom is 0.312 e. The Morgan fingerprint density at radius 1 is 1.33 bits per heavy atom. The van der Waals surface area contributed by atoms with Gasteiger partial charge in [-0.25, -0.2) is 4.79 Å². The zero-order valence-electron chi connectivity index (χ0n) is 10.7. The minimum Gasteiger partial charge on any atom is -0.352 e. The van der Waals surface area contributed by atoms with Crippen LogP contribution in [-0.4, -0.2) is 49.1 Å². The van der Waals surface area contributed by atoms with E-state index < -0.39 is 6.03 Å². The number of carbonyl (C=O) groups excluding carboxylic acids is 2. The highest BCUT2D eigenvalue weighted by Gasteiger charge is 2.32. The van der Waals surface area contributed by atoms with E-state index in [1.54, 1.807) is 0 Å². The second-order valence-corrected chi connectivity index (χ2v) is 5.12. The molecule has 6 heteroatoms. The zero-order valence-corrected chi connectivity index (χ0v) is 10.7. The van der Waals surface area contributed by atoms with E-state index >= 15 is 0 Å². The second-order valence-electron chi connectivity index (χ2n) is 5.12. The topological polar surface area (TPSA) is 87.5 Å². The normalized spacial score (nSPS) is 28.1. The van der Waals surface area contributed by atoms with Crippen LogP contribution in [0.1, 0.15) is 25.7 Å². The van der Waals surface area contributed by atoms with Crippen molar-refractivity contribution in [3.63, 3.8) is 0 Å². The monoisotopic (exact) mass is 254 g/mol. The summed E-state index contributed by atoms with van der Waals surface area (Å²) in [6.45, 7) is 2.99. The summed E-state index contributed by atoms with van der Waals surface area (Å²) in [6.07, 6.45) is 4.04. The highest BCUT2D eigenvalue weighted by Crippen LogP contribution is 2.21. The summed E-state index contributed by atoms with van der Waals surface area (Å²) in [4.78, 5) is 25.1. The second kappa shape index (κ2) is 6.04. The van der Waals surface area contributed by atoms with Crippen LogP contribution in [0.15, 0.2) is 0 Å². The van der Waals surface area contributed by atoms with Crippen LogP contribution in [0, 0.1) is 5.92 Å². The van der Waals surface area contributed by atoms with E-state index in [-0.39, 0.29) is 17.9 Å². The number of carbonyl (C=O) groups is 2. The molecule has 2 fully saturated rings. The van der Waals surface area contributed by atoms with Crippen molar-refractivity contribution in [3.05, 3.63) is 0 Å². The van der Waals surface area contributed by atoms with Crippen molar-refractivity contribution in [1.29, 1.82) is 0 Å². The van der Waals surface area contributed by atoms with Crippen molar-refractivity contribution < 1.29 is 9.59 Å². The van der Waals surface area contributed by atoms with Gasteiger partial charge in [-0.1, -0.05) is 0 Å². The number of nitrogens with zero attached hydrogens (tertiary/aromatic N) is 1. The molecule has 0 spiro atoms. The van der Waals surface area contributed by atoms with Crippen LogP contribution in [0.25, 0.3) is 0 Å². The van der Waals surface area contributed by atoms with E-state index in [9.17, 15) is 9.59 Å². The fourth-order valence-electron chi connectivity index (χ4n) is 2.82. The van der Waals surface area contributed by atoms with Crippen LogP contribution in [-0.2, 0) is 4.79 Å². The number of rotatable bonds is 3. The Labute approximate surface area is 107 Å². The van der Waals surface area contributed by atoms with Gasteiger partial charge in [-0.2, -0.15) is 0 Å². The van der Waals surface area contributed by atoms with Crippen LogP contribution >= 0.6 is 0 Å². The Morgan fingerprint density at radius 3 is 2.83 bits per heavy atom. The fraction of sp³-hybridized carbons (Fsp3) is 0.833. The SMILES string of the molecule is NC(=O)NC[C@@H]1CCCCN1C(=O)[C@@H]1CCNC1. The number of nitrogens with two attached hydrogens (primary N) is 1. The Hall–Kier alpha value is -1.30. The van der Waals surface area contributed by atoms with Gasteiger partial charge in [0.05, 0.1) is 5.92 Å². The molecule has 18 heavy (non-hydrogen) atoms. The molecule has 6 nitrogen and oxygen atoms in total. The number of nitrogens with one attached hydrogen (secondary N) is 2. The van der Waals surface area contributed by atoms with E-state index in [2.05, 4.69) is 10.6 Å². The first kappa shape index (κ1) is 13.1. The smallest absolute Gasteiger partial charge is 0.312 e. The summed E-state index contributed by atoms with van der Waals surface area (Å²) in [7, 11) is 0. The third-order valence-electron chi connectivity index (χ3n) is 3.83. The molecule has 0 aromatic carbocycles. The largest absolute Gasteiger partial charge is 0.352 e. The van der Waals surface area contributed by atoms with Crippen LogP contribution in [0.4, 0.5) is 4.79 Å². The summed E-state index contributed by atoms with van der Waals surface area (Å²) in [5, 5.41) is 5.84. The molecule has 2 aliphatic rings. The zero-order chi connectivity index (χ0) is 13.0. The lowest BCUT2D eigenvalue weighted by Crippen LogP contribution is -2.52. The number of piperidine rings is 1. The third kappa shape index (κ3) is 3.13. The molecule has 2 saturated heterocycles. The lowest BCUT2D eigenvalue weighted by atomic mass is 9.98. The van der Waals surface area contributed by atoms with E-state index in [0.29, 0.717) is 6.54 Å². The minimum atomic E-state index is -0.518. The van der Waals surface area contributed by atoms with Gasteiger partial charge in [0.25, 0.3) is 0 Å². The average molecular weight is 254 g/mol. The lowest BCUT2D eigenvalue weighted by Gasteiger charge is -2.37. The molecule has 0 saturated carbocycles. The van der Waals surface area contributed by atoms with E-state index in [0.717, 1.165) is 45.3 Å². The molecule has 4 N–H and O–H groups in total. The predicted molar refractivity (Wildman–Crippen MR) is 67.9 cm³/mol. The summed E-state index contributed by atoms with van der Waals surface area (Å²) in [6, 6.07) is -0.408. The molecule has 2 aliphatic heterocycles. The molecular weight excluding hydrogens is 232 g/mol. The molecule has 0 aliphatic carbocycles. The molecule has 0 unspecified atom stereocenters. The maximum absolute atomic E-state index is 12.4. The first-order valence-electron chi connectivity index (χ1n) is 6.73. The minimum absolute atomic E-state index is 0.110. The Morgan fingerprint density at radius 2 is 2.17 bits per heavy atom. The van der Waals surface area contributed by atoms with Crippen molar-refractivity contribution in [2.45, 2.75) is 31.7 Å². The van der Waals surface area contributed by atoms with Crippen LogP contribution in [0.2, 0.25) is 0 Å². The first-order chi connectivity index (χ1) is 8.68. The molecule has 2 rings (SSSR count). The van der Waals surface area contributed by atoms with E-state index in [1.165, 1.54) is 0 Å². The third-order valence-corrected chi connectivity index (χ3v) is 3.83. The molecule has 0 radical (unpaired) electrons. The van der Waals surface area contributed by atoms with Crippen molar-refractivity contribution in [2.75, 3.05) is 26.2 Å². The Kier molecular flexibility index (Phi) is 4.41. The van der Waals surface area contributed by atoms with E-state index in [4.69, 9.17) is 5.73 Å². The molecule has 2 heterocycles. The molecule has 0 bridgehead atoms. The van der Waals surface area contributed by atoms with Crippen LogP contribution in [0.5, 0.6) is 0 Å². The molecule has 3 amide bonds. The molecular formula is C12H22N4O2. The van der Waals surface area contributed by atoms with Crippen molar-refractivity contribution in [3.8, 4) is 0 Å². The maximum atomic E-state index is 12.4. The number of likely N-dealkylation sites (tertiary alicyclic amines) is 1. The van der Waals surface area contributed by atoms with Gasteiger partial charge in [0.2, 0.25) is 5.91 Å². The molecule has 0 aromatic rings. The number of amides is 3. The Balaban J connectivity index is 1.93. The number of primary amides is 1. The average Bonchev–Trinajstić information content (AvgIpc) is 2.89. The van der Waals surface area contributed by atoms with Gasteiger partial charge in [-0.15, -0.1) is 0 Å². The summed E-state index contributed by atoms with van der Waals surface area (Å²) >= 11 is 0. The van der Waals surface area contributed by atoms with Gasteiger partial charge < -0.3 is 21.3 Å². The molecule has 102 valence electrons. The Bertz CT molecular complexity index is 315. The quantitative estimate of drug-likeness (QED) is 0.643. The van der Waals surface area contributed by atoms with Crippen LogP contribution < -0.4 is 16.4 Å². The highest BCUT2D eigenvalue weighted by atomic mass is 16.2. The summed E-state index contributed by atoms with van der Waals surface area (Å²) in [5.41, 5.74) is 5.09. The summed E-state index contributed by atoms with van der Waals surface area (Å²) in [5.74, 6) is 0.343. The van der Waals surface area contributed by atoms with Crippen molar-refractivity contribution in [1.82, 2.24) is 15.5 Å². The van der Waals surface area contributed by atoms with Gasteiger partial charge in [0.15, 0.2) is 0 Å². The number of urea groups is 1. The fourth-order valence-corrected chi connectivity index (χ4v) is 2.82. The predicted octanol–water partition coefficient (Wildman–Crippen LogP) is -0.355. The number of hydrogen-bond donors (Lipinski definition) is 3. The van der Waals surface area contributed by atoms with Gasteiger partial charge >= 0.3 is 6.03 Å². The van der Waals surface area contributed by atoms with Gasteiger partial charge in [0, 0.05) is 25.7 Å². The molecule has 2 atom stereocenters. The molecule has 0 aromatic heterocycles. The van der Waals surface area contributed by atoms with Crippen molar-refractivity contribution in [2.24, 2.45) is 11.7 Å². The highest BCUT2D eigenvalue weighted by molar-refractivity contribution is 5.80. The lowest BCUT2D eigenvalue weighted by molar-refractivity contribution is -0.138. The van der Waals surface area contributed by atoms with Crippen LogP contribution in [0.3, 0.4) is 0 Å². The standard InChI is InChI=1S/C12H22N4O2/c13-12(18)15-8-10-3-1-2-6-16(10)11(17)9-4-5-14-7-9/h9-10,14H,1-8H2,(H3,13,15,18)/t9-,10+/m1/s1. The number of hydrogen-bond acceptors (Lipinski definition) is 3. The van der Waals surface area contributed by atoms with Gasteiger partial charge in [-0.05, 0) is 32.2 Å². The first-order valence-corrected chi connectivity index (χ1v) is 6.73.